The van der Waals surface area contributed by atoms with Crippen LogP contribution in [-0.4, -0.2) is 10.8 Å². The molecule has 0 aliphatic heterocycles. The van der Waals surface area contributed by atoms with E-state index in [0.717, 1.165) is 28.5 Å². The van der Waals surface area contributed by atoms with Crippen LogP contribution < -0.4 is 5.56 Å². The molecule has 0 spiro atoms. The zero-order chi connectivity index (χ0) is 14.0. The van der Waals surface area contributed by atoms with Gasteiger partial charge in [-0.2, -0.15) is 0 Å². The van der Waals surface area contributed by atoms with Gasteiger partial charge in [0.1, 0.15) is 0 Å². The van der Waals surface area contributed by atoms with Crippen LogP contribution in [0.25, 0.3) is 10.9 Å². The predicted octanol–water partition coefficient (Wildman–Crippen LogP) is 3.63. The van der Waals surface area contributed by atoms with Crippen LogP contribution >= 0.6 is 0 Å². The predicted molar refractivity (Wildman–Crippen MR) is 77.9 cm³/mol. The first-order chi connectivity index (χ1) is 9.06. The van der Waals surface area contributed by atoms with E-state index in [1.807, 2.05) is 19.1 Å². The number of rotatable bonds is 4. The third-order valence-corrected chi connectivity index (χ3v) is 3.65. The number of benzene rings is 1. The normalized spacial score (nSPS) is 12.6. The number of hydrogen-bond donors (Lipinski definition) is 1. The van der Waals surface area contributed by atoms with Crippen molar-refractivity contribution in [2.24, 2.45) is 0 Å². The summed E-state index contributed by atoms with van der Waals surface area (Å²) in [6.45, 7) is 6.08. The van der Waals surface area contributed by atoms with E-state index >= 15 is 0 Å². The number of aromatic amines is 1. The molecule has 3 heteroatoms. The standard InChI is InChI=1S/C16H19NO2/c1-4-10(3)13-9-12(14(18)5-2)8-11-6-7-15(19)17-16(11)13/h6-10H,4-5H2,1-3H3,(H,17,19). The van der Waals surface area contributed by atoms with Crippen LogP contribution in [0.3, 0.4) is 0 Å². The molecule has 2 aromatic rings. The molecule has 100 valence electrons. The molecule has 19 heavy (non-hydrogen) atoms. The second-order valence-electron chi connectivity index (χ2n) is 4.94. The van der Waals surface area contributed by atoms with E-state index in [2.05, 4.69) is 18.8 Å². The molecule has 0 saturated carbocycles. The third-order valence-electron chi connectivity index (χ3n) is 3.65. The lowest BCUT2D eigenvalue weighted by molar-refractivity contribution is 0.0988. The minimum atomic E-state index is -0.105. The van der Waals surface area contributed by atoms with Crippen LogP contribution in [0.2, 0.25) is 0 Å². The molecule has 1 heterocycles. The summed E-state index contributed by atoms with van der Waals surface area (Å²) in [7, 11) is 0. The molecule has 0 aliphatic carbocycles. The highest BCUT2D eigenvalue weighted by molar-refractivity contribution is 6.00. The highest BCUT2D eigenvalue weighted by atomic mass is 16.1. The number of pyridine rings is 1. The van der Waals surface area contributed by atoms with E-state index in [-0.39, 0.29) is 11.3 Å². The molecule has 1 unspecified atom stereocenters. The van der Waals surface area contributed by atoms with Gasteiger partial charge in [-0.3, -0.25) is 9.59 Å². The molecule has 1 aromatic heterocycles. The third kappa shape index (κ3) is 2.60. The lowest BCUT2D eigenvalue weighted by Crippen LogP contribution is -2.07. The van der Waals surface area contributed by atoms with E-state index < -0.39 is 0 Å². The molecule has 0 saturated heterocycles. The maximum absolute atomic E-state index is 11.9. The molecule has 0 radical (unpaired) electrons. The Labute approximate surface area is 112 Å². The molecule has 3 nitrogen and oxygen atoms in total. The number of Topliss-reactive ketones (excluding diaryl/α,β-unsaturated/α-hetero) is 1. The van der Waals surface area contributed by atoms with Gasteiger partial charge >= 0.3 is 0 Å². The van der Waals surface area contributed by atoms with E-state index in [9.17, 15) is 9.59 Å². The molecular weight excluding hydrogens is 238 g/mol. The molecule has 0 fully saturated rings. The van der Waals surface area contributed by atoms with Crippen molar-refractivity contribution in [2.75, 3.05) is 0 Å². The fourth-order valence-corrected chi connectivity index (χ4v) is 2.27. The smallest absolute Gasteiger partial charge is 0.248 e. The number of hydrogen-bond acceptors (Lipinski definition) is 2. The van der Waals surface area contributed by atoms with Crippen molar-refractivity contribution in [2.45, 2.75) is 39.5 Å². The highest BCUT2D eigenvalue weighted by Crippen LogP contribution is 2.27. The maximum Gasteiger partial charge on any atom is 0.248 e. The lowest BCUT2D eigenvalue weighted by Gasteiger charge is -2.14. The number of ketones is 1. The topological polar surface area (TPSA) is 49.9 Å². The number of aromatic nitrogens is 1. The number of nitrogens with one attached hydrogen (secondary N) is 1. The van der Waals surface area contributed by atoms with Gasteiger partial charge in [-0.25, -0.2) is 0 Å². The van der Waals surface area contributed by atoms with Crippen LogP contribution in [0.5, 0.6) is 0 Å². The fourth-order valence-electron chi connectivity index (χ4n) is 2.27. The maximum atomic E-state index is 11.9. The van der Waals surface area contributed by atoms with Gasteiger partial charge in [0.25, 0.3) is 0 Å². The van der Waals surface area contributed by atoms with Gasteiger partial charge in [-0.1, -0.05) is 20.8 Å². The second kappa shape index (κ2) is 5.39. The van der Waals surface area contributed by atoms with E-state index in [4.69, 9.17) is 0 Å². The number of carbonyl (C=O) groups excluding carboxylic acids is 1. The molecule has 1 N–H and O–H groups in total. The Balaban J connectivity index is 2.76. The van der Waals surface area contributed by atoms with Crippen molar-refractivity contribution >= 4 is 16.7 Å². The minimum Gasteiger partial charge on any atom is -0.322 e. The first-order valence-corrected chi connectivity index (χ1v) is 6.77. The molecule has 1 aromatic carbocycles. The molecule has 0 aliphatic rings. The molecule has 0 amide bonds. The Hall–Kier alpha value is -1.90. The van der Waals surface area contributed by atoms with Gasteiger partial charge in [0.05, 0.1) is 5.52 Å². The Morgan fingerprint density at radius 2 is 2.00 bits per heavy atom. The first kappa shape index (κ1) is 13.5. The van der Waals surface area contributed by atoms with Crippen molar-refractivity contribution in [3.8, 4) is 0 Å². The summed E-state index contributed by atoms with van der Waals surface area (Å²) in [5.41, 5.74) is 2.54. The summed E-state index contributed by atoms with van der Waals surface area (Å²) in [6.07, 6.45) is 1.46. The zero-order valence-corrected chi connectivity index (χ0v) is 11.6. The molecular formula is C16H19NO2. The average Bonchev–Trinajstić information content (AvgIpc) is 2.44. The average molecular weight is 257 g/mol. The van der Waals surface area contributed by atoms with E-state index in [0.29, 0.717) is 12.3 Å². The number of carbonyl (C=O) groups is 1. The van der Waals surface area contributed by atoms with Gasteiger partial charge < -0.3 is 4.98 Å². The molecule has 2 rings (SSSR count). The summed E-state index contributed by atoms with van der Waals surface area (Å²) in [5.74, 6) is 0.447. The molecule has 0 bridgehead atoms. The number of fused-ring (bicyclic) bond motifs is 1. The first-order valence-electron chi connectivity index (χ1n) is 6.77. The van der Waals surface area contributed by atoms with Crippen molar-refractivity contribution in [3.05, 3.63) is 45.7 Å². The lowest BCUT2D eigenvalue weighted by atomic mass is 9.92. The van der Waals surface area contributed by atoms with Crippen molar-refractivity contribution in [1.82, 2.24) is 4.98 Å². The minimum absolute atomic E-state index is 0.105. The summed E-state index contributed by atoms with van der Waals surface area (Å²) in [5, 5.41) is 0.925. The largest absolute Gasteiger partial charge is 0.322 e. The summed E-state index contributed by atoms with van der Waals surface area (Å²) in [6, 6.07) is 7.08. The van der Waals surface area contributed by atoms with Crippen molar-refractivity contribution < 1.29 is 4.79 Å². The van der Waals surface area contributed by atoms with E-state index in [1.165, 1.54) is 6.07 Å². The van der Waals surface area contributed by atoms with Gasteiger partial charge in [-0.05, 0) is 41.5 Å². The van der Waals surface area contributed by atoms with Gasteiger partial charge in [-0.15, -0.1) is 0 Å². The Morgan fingerprint density at radius 3 is 2.63 bits per heavy atom. The summed E-state index contributed by atoms with van der Waals surface area (Å²) in [4.78, 5) is 26.3. The van der Waals surface area contributed by atoms with Gasteiger partial charge in [0.2, 0.25) is 5.56 Å². The Morgan fingerprint density at radius 1 is 1.26 bits per heavy atom. The number of H-pyrrole nitrogens is 1. The highest BCUT2D eigenvalue weighted by Gasteiger charge is 2.13. The van der Waals surface area contributed by atoms with Crippen LogP contribution in [0.4, 0.5) is 0 Å². The summed E-state index contributed by atoms with van der Waals surface area (Å²) < 4.78 is 0. The van der Waals surface area contributed by atoms with Crippen LogP contribution in [0.15, 0.2) is 29.1 Å². The van der Waals surface area contributed by atoms with Gasteiger partial charge in [0.15, 0.2) is 5.78 Å². The monoisotopic (exact) mass is 257 g/mol. The SMILES string of the molecule is CCC(=O)c1cc(C(C)CC)c2[nH]c(=O)ccc2c1. The fraction of sp³-hybridized carbons (Fsp3) is 0.375. The van der Waals surface area contributed by atoms with Crippen molar-refractivity contribution in [1.29, 1.82) is 0 Å². The van der Waals surface area contributed by atoms with Crippen LogP contribution in [-0.2, 0) is 0 Å². The van der Waals surface area contributed by atoms with E-state index in [1.54, 1.807) is 6.07 Å². The second-order valence-corrected chi connectivity index (χ2v) is 4.94. The quantitative estimate of drug-likeness (QED) is 0.850. The zero-order valence-electron chi connectivity index (χ0n) is 11.6. The van der Waals surface area contributed by atoms with Crippen LogP contribution in [0, 0.1) is 0 Å². The van der Waals surface area contributed by atoms with Crippen molar-refractivity contribution in [3.63, 3.8) is 0 Å². The summed E-state index contributed by atoms with van der Waals surface area (Å²) >= 11 is 0. The Bertz CT molecular complexity index is 670. The Kier molecular flexibility index (Phi) is 3.84. The molecule has 1 atom stereocenters. The van der Waals surface area contributed by atoms with Gasteiger partial charge in [0, 0.05) is 18.1 Å². The van der Waals surface area contributed by atoms with Crippen LogP contribution in [0.1, 0.15) is 55.5 Å².